The van der Waals surface area contributed by atoms with Crippen molar-refractivity contribution in [2.75, 3.05) is 38.3 Å². The molecule has 1 aliphatic heterocycles. The van der Waals surface area contributed by atoms with Crippen molar-refractivity contribution in [2.24, 2.45) is 10.9 Å². The molecule has 0 atom stereocenters. The summed E-state index contributed by atoms with van der Waals surface area (Å²) in [6, 6.07) is 11.4. The van der Waals surface area contributed by atoms with Crippen LogP contribution in [0, 0.1) is 0 Å². The first-order valence-corrected chi connectivity index (χ1v) is 10.7. The number of oxime groups is 1. The number of amides is 1. The second-order valence-corrected chi connectivity index (χ2v) is 7.50. The number of nitrogens with zero attached hydrogens (tertiary/aromatic N) is 4. The van der Waals surface area contributed by atoms with Gasteiger partial charge in [-0.15, -0.1) is 0 Å². The number of benzene rings is 1. The van der Waals surface area contributed by atoms with E-state index in [-0.39, 0.29) is 18.3 Å². The van der Waals surface area contributed by atoms with Gasteiger partial charge in [-0.3, -0.25) is 4.79 Å². The third kappa shape index (κ3) is 6.34. The molecule has 8 heteroatoms. The van der Waals surface area contributed by atoms with Gasteiger partial charge >= 0.3 is 0 Å². The largest absolute Gasteiger partial charge is 0.494 e. The molecule has 1 aromatic heterocycles. The van der Waals surface area contributed by atoms with Gasteiger partial charge < -0.3 is 25.1 Å². The molecule has 2 N–H and O–H groups in total. The van der Waals surface area contributed by atoms with Gasteiger partial charge in [0.2, 0.25) is 0 Å². The molecular weight excluding hydrogens is 394 g/mol. The first-order valence-electron chi connectivity index (χ1n) is 10.7. The molecule has 31 heavy (non-hydrogen) atoms. The molecule has 0 bridgehead atoms. The number of anilines is 1. The van der Waals surface area contributed by atoms with Gasteiger partial charge in [0.05, 0.1) is 12.2 Å². The number of nitrogens with two attached hydrogens (primary N) is 1. The molecule has 166 valence electrons. The van der Waals surface area contributed by atoms with E-state index in [9.17, 15) is 4.79 Å². The highest BCUT2D eigenvalue weighted by Crippen LogP contribution is 2.21. The predicted octanol–water partition coefficient (Wildman–Crippen LogP) is 2.77. The van der Waals surface area contributed by atoms with E-state index in [1.807, 2.05) is 43.3 Å². The summed E-state index contributed by atoms with van der Waals surface area (Å²) in [5, 5.41) is 3.98. The van der Waals surface area contributed by atoms with Crippen LogP contribution in [-0.4, -0.2) is 55.0 Å². The number of carbonyl (C=O) groups is 1. The van der Waals surface area contributed by atoms with E-state index in [2.05, 4.69) is 15.0 Å². The average molecular weight is 426 g/mol. The maximum absolute atomic E-state index is 12.4. The van der Waals surface area contributed by atoms with Crippen molar-refractivity contribution in [3.63, 3.8) is 0 Å². The lowest BCUT2D eigenvalue weighted by Crippen LogP contribution is -2.32. The smallest absolute Gasteiger partial charge is 0.263 e. The fraction of sp³-hybridized carbons (Fsp3) is 0.435. The molecule has 3 rings (SSSR count). The molecule has 0 unspecified atom stereocenters. The van der Waals surface area contributed by atoms with Crippen molar-refractivity contribution < 1.29 is 14.4 Å². The summed E-state index contributed by atoms with van der Waals surface area (Å²) in [5.74, 6) is 1.65. The number of rotatable bonds is 9. The van der Waals surface area contributed by atoms with Crippen LogP contribution in [0.4, 0.5) is 5.82 Å². The zero-order chi connectivity index (χ0) is 22.1. The fourth-order valence-electron chi connectivity index (χ4n) is 3.49. The second-order valence-electron chi connectivity index (χ2n) is 7.50. The van der Waals surface area contributed by atoms with E-state index >= 15 is 0 Å². The minimum atomic E-state index is -0.187. The van der Waals surface area contributed by atoms with E-state index in [0.29, 0.717) is 13.2 Å². The highest BCUT2D eigenvalue weighted by molar-refractivity contribution is 6.01. The normalized spacial score (nSPS) is 14.3. The number of pyridine rings is 1. The fourth-order valence-corrected chi connectivity index (χ4v) is 3.49. The van der Waals surface area contributed by atoms with E-state index in [0.717, 1.165) is 48.6 Å². The molecule has 1 saturated heterocycles. The second kappa shape index (κ2) is 11.2. The average Bonchev–Trinajstić information content (AvgIpc) is 2.81. The van der Waals surface area contributed by atoms with Gasteiger partial charge in [0.1, 0.15) is 11.6 Å². The van der Waals surface area contributed by atoms with Crippen LogP contribution in [0.5, 0.6) is 5.75 Å². The standard InChI is InChI=1S/C23H31N5O3/c1-3-30-19-11-9-18(10-12-19)16-27(2)21(29)17-31-26-22(24)20-8-7-13-25-23(20)28-14-5-4-6-15-28/h7-13H,3-6,14-17H2,1-2H3,(H2,24,26). The number of piperidine rings is 1. The predicted molar refractivity (Wildman–Crippen MR) is 121 cm³/mol. The van der Waals surface area contributed by atoms with Crippen molar-refractivity contribution >= 4 is 17.6 Å². The van der Waals surface area contributed by atoms with Crippen LogP contribution < -0.4 is 15.4 Å². The van der Waals surface area contributed by atoms with E-state index in [1.54, 1.807) is 18.1 Å². The van der Waals surface area contributed by atoms with E-state index in [4.69, 9.17) is 15.3 Å². The van der Waals surface area contributed by atoms with Crippen LogP contribution in [0.2, 0.25) is 0 Å². The quantitative estimate of drug-likeness (QED) is 0.377. The first kappa shape index (κ1) is 22.4. The monoisotopic (exact) mass is 425 g/mol. The molecule has 0 spiro atoms. The number of ether oxygens (including phenoxy) is 1. The Morgan fingerprint density at radius 1 is 1.19 bits per heavy atom. The maximum Gasteiger partial charge on any atom is 0.263 e. The molecule has 0 saturated carbocycles. The van der Waals surface area contributed by atoms with Crippen molar-refractivity contribution in [2.45, 2.75) is 32.7 Å². The Balaban J connectivity index is 1.54. The van der Waals surface area contributed by atoms with Crippen LogP contribution in [0.15, 0.2) is 47.8 Å². The van der Waals surface area contributed by atoms with Crippen LogP contribution in [0.3, 0.4) is 0 Å². The summed E-state index contributed by atoms with van der Waals surface area (Å²) in [5.41, 5.74) is 7.87. The lowest BCUT2D eigenvalue weighted by Gasteiger charge is -2.29. The molecule has 2 aromatic rings. The number of amidine groups is 1. The zero-order valence-electron chi connectivity index (χ0n) is 18.3. The van der Waals surface area contributed by atoms with Crippen molar-refractivity contribution in [3.05, 3.63) is 53.7 Å². The van der Waals surface area contributed by atoms with Gasteiger partial charge in [0, 0.05) is 32.9 Å². The third-order valence-corrected chi connectivity index (χ3v) is 5.15. The van der Waals surface area contributed by atoms with Gasteiger partial charge in [-0.1, -0.05) is 17.3 Å². The summed E-state index contributed by atoms with van der Waals surface area (Å²) in [6.07, 6.45) is 5.26. The number of hydrogen-bond acceptors (Lipinski definition) is 6. The van der Waals surface area contributed by atoms with Gasteiger partial charge in [0.15, 0.2) is 12.4 Å². The van der Waals surface area contributed by atoms with Crippen LogP contribution >= 0.6 is 0 Å². The van der Waals surface area contributed by atoms with E-state index < -0.39 is 0 Å². The molecular formula is C23H31N5O3. The van der Waals surface area contributed by atoms with E-state index in [1.165, 1.54) is 6.42 Å². The first-order chi connectivity index (χ1) is 15.1. The molecule has 2 heterocycles. The summed E-state index contributed by atoms with van der Waals surface area (Å²) < 4.78 is 5.44. The Bertz CT molecular complexity index is 879. The Morgan fingerprint density at radius 3 is 2.65 bits per heavy atom. The summed E-state index contributed by atoms with van der Waals surface area (Å²) in [7, 11) is 1.73. The summed E-state index contributed by atoms with van der Waals surface area (Å²) in [4.78, 5) is 26.0. The molecule has 1 amide bonds. The SMILES string of the molecule is CCOc1ccc(CN(C)C(=O)CO/N=C(/N)c2cccnc2N2CCCCC2)cc1. The molecule has 1 fully saturated rings. The number of likely N-dealkylation sites (N-methyl/N-ethyl adjacent to an activating group) is 1. The lowest BCUT2D eigenvalue weighted by molar-refractivity contribution is -0.135. The highest BCUT2D eigenvalue weighted by Gasteiger charge is 2.18. The zero-order valence-corrected chi connectivity index (χ0v) is 18.3. The Labute approximate surface area is 183 Å². The number of aromatic nitrogens is 1. The highest BCUT2D eigenvalue weighted by atomic mass is 16.6. The van der Waals surface area contributed by atoms with Crippen LogP contribution in [-0.2, 0) is 16.2 Å². The number of hydrogen-bond donors (Lipinski definition) is 1. The van der Waals surface area contributed by atoms with Crippen LogP contribution in [0.1, 0.15) is 37.3 Å². The van der Waals surface area contributed by atoms with Gasteiger partial charge in [-0.05, 0) is 56.0 Å². The molecule has 8 nitrogen and oxygen atoms in total. The van der Waals surface area contributed by atoms with Gasteiger partial charge in [-0.2, -0.15) is 0 Å². The Kier molecular flexibility index (Phi) is 8.09. The molecule has 0 radical (unpaired) electrons. The van der Waals surface area contributed by atoms with Crippen molar-refractivity contribution in [1.29, 1.82) is 0 Å². The lowest BCUT2D eigenvalue weighted by atomic mass is 10.1. The maximum atomic E-state index is 12.4. The summed E-state index contributed by atoms with van der Waals surface area (Å²) >= 11 is 0. The topological polar surface area (TPSA) is 93.3 Å². The molecule has 1 aliphatic rings. The van der Waals surface area contributed by atoms with Gasteiger partial charge in [-0.25, -0.2) is 4.98 Å². The summed E-state index contributed by atoms with van der Waals surface area (Å²) in [6.45, 7) is 4.75. The van der Waals surface area contributed by atoms with Crippen molar-refractivity contribution in [3.8, 4) is 5.75 Å². The minimum Gasteiger partial charge on any atom is -0.494 e. The third-order valence-electron chi connectivity index (χ3n) is 5.15. The Hall–Kier alpha value is -3.29. The molecule has 1 aromatic carbocycles. The van der Waals surface area contributed by atoms with Crippen molar-refractivity contribution in [1.82, 2.24) is 9.88 Å². The van der Waals surface area contributed by atoms with Crippen LogP contribution in [0.25, 0.3) is 0 Å². The minimum absolute atomic E-state index is 0.187. The molecule has 0 aliphatic carbocycles. The Morgan fingerprint density at radius 2 is 1.94 bits per heavy atom. The number of carbonyl (C=O) groups excluding carboxylic acids is 1. The van der Waals surface area contributed by atoms with Gasteiger partial charge in [0.25, 0.3) is 5.91 Å².